The van der Waals surface area contributed by atoms with Crippen LogP contribution in [0.1, 0.15) is 26.3 Å². The summed E-state index contributed by atoms with van der Waals surface area (Å²) in [6.45, 7) is 7.06. The van der Waals surface area contributed by atoms with Crippen LogP contribution in [0.5, 0.6) is 11.5 Å². The number of para-hydroxylation sites is 3. The van der Waals surface area contributed by atoms with Crippen molar-refractivity contribution in [3.63, 3.8) is 0 Å². The molecule has 0 radical (unpaired) electrons. The van der Waals surface area contributed by atoms with Crippen molar-refractivity contribution in [2.45, 2.75) is 26.2 Å². The molecule has 14 rings (SSSR count). The first-order valence-electron chi connectivity index (χ1n) is 20.3. The minimum atomic E-state index is -0.156. The molecule has 0 bridgehead atoms. The van der Waals surface area contributed by atoms with Crippen molar-refractivity contribution < 1.29 is 4.74 Å². The van der Waals surface area contributed by atoms with Crippen LogP contribution in [-0.4, -0.2) is 20.2 Å². The molecule has 11 aromatic rings. The van der Waals surface area contributed by atoms with E-state index < -0.39 is 0 Å². The first-order valence-corrected chi connectivity index (χ1v) is 20.3. The molecule has 3 aromatic heterocycles. The van der Waals surface area contributed by atoms with Crippen molar-refractivity contribution in [1.29, 1.82) is 0 Å². The topological polar surface area (TPSA) is 26.7 Å². The molecule has 0 saturated heterocycles. The molecule has 6 heterocycles. The molecule has 0 fully saturated rings. The Morgan fingerprint density at radius 3 is 1.95 bits per heavy atom. The second-order valence-electron chi connectivity index (χ2n) is 17.3. The second-order valence-corrected chi connectivity index (χ2v) is 17.3. The molecule has 0 aliphatic carbocycles. The molecule has 0 saturated carbocycles. The van der Waals surface area contributed by atoms with Crippen molar-refractivity contribution >= 4 is 100 Å². The quantitative estimate of drug-likeness (QED) is 0.165. The van der Waals surface area contributed by atoms with E-state index in [0.717, 1.165) is 28.2 Å². The largest absolute Gasteiger partial charge is 0.456 e. The summed E-state index contributed by atoms with van der Waals surface area (Å²) in [4.78, 5) is 2.51. The Hall–Kier alpha value is -7.18. The highest BCUT2D eigenvalue weighted by Gasteiger charge is 2.49. The summed E-state index contributed by atoms with van der Waals surface area (Å²) in [5, 5.41) is 6.17. The lowest BCUT2D eigenvalue weighted by Gasteiger charge is -2.43. The number of aromatic nitrogens is 3. The van der Waals surface area contributed by atoms with Gasteiger partial charge in [0.15, 0.2) is 0 Å². The first kappa shape index (κ1) is 31.0. The summed E-state index contributed by atoms with van der Waals surface area (Å²) in [5.74, 6) is 1.86. The number of rotatable bonds is 2. The number of nitrogens with zero attached hydrogens (tertiary/aromatic N) is 4. The molecular weight excluding hydrogens is 707 g/mol. The van der Waals surface area contributed by atoms with Crippen LogP contribution in [0.25, 0.3) is 71.5 Å². The van der Waals surface area contributed by atoms with E-state index in [4.69, 9.17) is 4.74 Å². The van der Waals surface area contributed by atoms with Crippen molar-refractivity contribution in [2.24, 2.45) is 0 Å². The summed E-state index contributed by atoms with van der Waals surface area (Å²) in [6, 6.07) is 57.9. The molecule has 58 heavy (non-hydrogen) atoms. The highest BCUT2D eigenvalue weighted by atomic mass is 16.5. The molecule has 0 N–H and O–H groups in total. The van der Waals surface area contributed by atoms with Gasteiger partial charge in [0.1, 0.15) is 17.1 Å². The SMILES string of the molecule is CC(C)(C)c1c2ccccc2n2c3c4c5ccccc5n(-c5ccccc5)c4c4c5c3n(c12)-c1cccc2c1B5c1c(cccc1N2c1cccc2ccccc12)O4. The lowest BCUT2D eigenvalue weighted by Crippen LogP contribution is -2.62. The minimum Gasteiger partial charge on any atom is -0.456 e. The van der Waals surface area contributed by atoms with Gasteiger partial charge in [-0.1, -0.05) is 124 Å². The average molecular weight is 743 g/mol. The number of anilines is 3. The first-order chi connectivity index (χ1) is 28.5. The van der Waals surface area contributed by atoms with Crippen molar-refractivity contribution in [3.05, 3.63) is 163 Å². The van der Waals surface area contributed by atoms with Gasteiger partial charge in [0, 0.05) is 55.3 Å². The Morgan fingerprint density at radius 1 is 0.483 bits per heavy atom. The van der Waals surface area contributed by atoms with Crippen molar-refractivity contribution in [3.8, 4) is 22.9 Å². The molecule has 8 aromatic carbocycles. The van der Waals surface area contributed by atoms with Crippen LogP contribution in [0.4, 0.5) is 17.1 Å². The van der Waals surface area contributed by atoms with Gasteiger partial charge in [-0.3, -0.25) is 8.97 Å². The fraction of sp³-hybridized carbons (Fsp3) is 0.0769. The maximum absolute atomic E-state index is 7.53. The molecule has 0 unspecified atom stereocenters. The molecule has 3 aliphatic rings. The lowest BCUT2D eigenvalue weighted by molar-refractivity contribution is 0.492. The van der Waals surface area contributed by atoms with Crippen molar-refractivity contribution in [2.75, 3.05) is 4.90 Å². The van der Waals surface area contributed by atoms with Crippen LogP contribution in [0.15, 0.2) is 158 Å². The van der Waals surface area contributed by atoms with Crippen LogP contribution >= 0.6 is 0 Å². The molecule has 0 atom stereocenters. The zero-order valence-electron chi connectivity index (χ0n) is 32.3. The van der Waals surface area contributed by atoms with Gasteiger partial charge in [-0.05, 0) is 76.3 Å². The third kappa shape index (κ3) is 3.53. The monoisotopic (exact) mass is 742 g/mol. The smallest absolute Gasteiger partial charge is 0.262 e. The van der Waals surface area contributed by atoms with E-state index in [1.54, 1.807) is 0 Å². The Balaban J connectivity index is 1.27. The Bertz CT molecular complexity index is 3650. The van der Waals surface area contributed by atoms with E-state index in [1.807, 2.05) is 0 Å². The van der Waals surface area contributed by atoms with Gasteiger partial charge in [-0.2, -0.15) is 0 Å². The number of benzene rings is 8. The highest BCUT2D eigenvalue weighted by molar-refractivity contribution is 7.02. The predicted octanol–water partition coefficient (Wildman–Crippen LogP) is 11.3. The van der Waals surface area contributed by atoms with Crippen LogP contribution in [0.2, 0.25) is 0 Å². The standard InChI is InChI=1S/C52H35BN4O/c1-52(2,3)43-34-22-10-12-24-37(34)56-47-42-33-21-9-11-23-36(33)54(31-18-5-4-6-19-31)48(42)50-46-49(47)57(51(43)56)39-27-14-26-38-44(39)53(46)45-40(28-15-29-41(45)58-50)55(38)35-25-13-17-30-16-7-8-20-32(30)35/h4-29H,1-3H3. The molecule has 6 heteroatoms. The number of hydrogen-bond acceptors (Lipinski definition) is 2. The second kappa shape index (κ2) is 10.4. The summed E-state index contributed by atoms with van der Waals surface area (Å²) < 4.78 is 15.2. The molecule has 3 aliphatic heterocycles. The van der Waals surface area contributed by atoms with E-state index in [-0.39, 0.29) is 12.1 Å². The van der Waals surface area contributed by atoms with E-state index in [2.05, 4.69) is 197 Å². The van der Waals surface area contributed by atoms with Gasteiger partial charge >= 0.3 is 0 Å². The average Bonchev–Trinajstić information content (AvgIpc) is 3.90. The van der Waals surface area contributed by atoms with Crippen LogP contribution < -0.4 is 26.0 Å². The Kier molecular flexibility index (Phi) is 5.56. The summed E-state index contributed by atoms with van der Waals surface area (Å²) >= 11 is 0. The van der Waals surface area contributed by atoms with Gasteiger partial charge in [-0.25, -0.2) is 0 Å². The zero-order valence-corrected chi connectivity index (χ0v) is 32.3. The number of ether oxygens (including phenoxy) is 1. The summed E-state index contributed by atoms with van der Waals surface area (Å²) in [7, 11) is 0. The number of imidazole rings is 1. The van der Waals surface area contributed by atoms with Crippen LogP contribution in [0.3, 0.4) is 0 Å². The molecular formula is C52H35BN4O. The fourth-order valence-corrected chi connectivity index (χ4v) is 11.2. The number of hydrogen-bond donors (Lipinski definition) is 0. The van der Waals surface area contributed by atoms with E-state index in [0.29, 0.717) is 0 Å². The van der Waals surface area contributed by atoms with Gasteiger partial charge in [0.2, 0.25) is 0 Å². The highest BCUT2D eigenvalue weighted by Crippen LogP contribution is 2.52. The predicted molar refractivity (Wildman–Crippen MR) is 242 cm³/mol. The number of fused-ring (bicyclic) bond motifs is 12. The fourth-order valence-electron chi connectivity index (χ4n) is 11.2. The maximum atomic E-state index is 7.53. The minimum absolute atomic E-state index is 0.0435. The molecule has 0 spiro atoms. The van der Waals surface area contributed by atoms with E-state index in [1.165, 1.54) is 93.8 Å². The summed E-state index contributed by atoms with van der Waals surface area (Å²) in [5.41, 5.74) is 18.1. The van der Waals surface area contributed by atoms with Gasteiger partial charge in [0.05, 0.1) is 33.3 Å². The van der Waals surface area contributed by atoms with E-state index in [9.17, 15) is 0 Å². The normalized spacial score (nSPS) is 13.8. The maximum Gasteiger partial charge on any atom is 0.262 e. The third-order valence-corrected chi connectivity index (χ3v) is 13.2. The molecule has 0 amide bonds. The lowest BCUT2D eigenvalue weighted by atomic mass is 9.33. The molecule has 272 valence electrons. The van der Waals surface area contributed by atoms with Crippen LogP contribution in [0, 0.1) is 0 Å². The van der Waals surface area contributed by atoms with Crippen LogP contribution in [-0.2, 0) is 5.41 Å². The van der Waals surface area contributed by atoms with Gasteiger partial charge in [-0.15, -0.1) is 0 Å². The van der Waals surface area contributed by atoms with E-state index >= 15 is 0 Å². The Morgan fingerprint density at radius 2 is 1.12 bits per heavy atom. The van der Waals surface area contributed by atoms with Gasteiger partial charge in [0.25, 0.3) is 6.71 Å². The van der Waals surface area contributed by atoms with Gasteiger partial charge < -0.3 is 14.2 Å². The Labute approximate surface area is 334 Å². The third-order valence-electron chi connectivity index (χ3n) is 13.2. The zero-order chi connectivity index (χ0) is 38.2. The summed E-state index contributed by atoms with van der Waals surface area (Å²) in [6.07, 6.45) is 0. The molecule has 5 nitrogen and oxygen atoms in total. The van der Waals surface area contributed by atoms with Crippen molar-refractivity contribution in [1.82, 2.24) is 13.5 Å².